The van der Waals surface area contributed by atoms with Crippen LogP contribution in [0, 0.1) is 6.92 Å². The number of aromatic nitrogens is 1. The fourth-order valence-corrected chi connectivity index (χ4v) is 5.96. The van der Waals surface area contributed by atoms with Crippen molar-refractivity contribution in [3.63, 3.8) is 0 Å². The van der Waals surface area contributed by atoms with E-state index in [0.717, 1.165) is 26.6 Å². The van der Waals surface area contributed by atoms with Gasteiger partial charge >= 0.3 is 0 Å². The van der Waals surface area contributed by atoms with Crippen molar-refractivity contribution in [2.24, 2.45) is 0 Å². The number of anilines is 2. The molecule has 1 heterocycles. The molecule has 1 aromatic heterocycles. The second-order valence-corrected chi connectivity index (χ2v) is 12.4. The summed E-state index contributed by atoms with van der Waals surface area (Å²) in [5.41, 5.74) is 3.76. The third kappa shape index (κ3) is 8.09. The Hall–Kier alpha value is -4.99. The number of benzene rings is 4. The van der Waals surface area contributed by atoms with E-state index < -0.39 is 5.91 Å². The van der Waals surface area contributed by atoms with Crippen molar-refractivity contribution in [3.05, 3.63) is 137 Å². The lowest BCUT2D eigenvalue weighted by molar-refractivity contribution is -0.115. The molecule has 3 N–H and O–H groups in total. The molecule has 0 saturated carbocycles. The maximum atomic E-state index is 13.3. The van der Waals surface area contributed by atoms with Crippen LogP contribution >= 0.6 is 23.1 Å². The van der Waals surface area contributed by atoms with E-state index in [4.69, 9.17) is 0 Å². The van der Waals surface area contributed by atoms with Crippen LogP contribution in [0.5, 0.6) is 0 Å². The third-order valence-corrected chi connectivity index (χ3v) is 8.51. The van der Waals surface area contributed by atoms with E-state index in [-0.39, 0.29) is 22.8 Å². The molecular formula is C35H30N4O3S2. The molecule has 220 valence electrons. The van der Waals surface area contributed by atoms with Gasteiger partial charge in [0.2, 0.25) is 5.91 Å². The number of amides is 3. The predicted molar refractivity (Wildman–Crippen MR) is 180 cm³/mol. The number of thiazole rings is 1. The number of hydrogen-bond donors (Lipinski definition) is 3. The van der Waals surface area contributed by atoms with Gasteiger partial charge in [-0.15, -0.1) is 23.1 Å². The zero-order valence-corrected chi connectivity index (χ0v) is 25.7. The summed E-state index contributed by atoms with van der Waals surface area (Å²) in [6.07, 6.45) is 1.63. The molecule has 0 aliphatic heterocycles. The van der Waals surface area contributed by atoms with E-state index in [2.05, 4.69) is 20.9 Å². The van der Waals surface area contributed by atoms with E-state index in [1.54, 1.807) is 42.5 Å². The molecule has 7 nitrogen and oxygen atoms in total. The highest BCUT2D eigenvalue weighted by atomic mass is 32.2. The number of carbonyl (C=O) groups excluding carboxylic acids is 3. The first-order chi connectivity index (χ1) is 21.4. The van der Waals surface area contributed by atoms with Crippen LogP contribution in [-0.4, -0.2) is 28.0 Å². The Kier molecular flexibility index (Phi) is 10.0. The molecule has 5 aromatic rings. The first kappa shape index (κ1) is 30.5. The van der Waals surface area contributed by atoms with Gasteiger partial charge < -0.3 is 16.0 Å². The second kappa shape index (κ2) is 14.5. The predicted octanol–water partition coefficient (Wildman–Crippen LogP) is 7.65. The molecule has 1 unspecified atom stereocenters. The van der Waals surface area contributed by atoms with Crippen molar-refractivity contribution in [1.82, 2.24) is 10.3 Å². The molecule has 0 radical (unpaired) electrons. The van der Waals surface area contributed by atoms with Crippen molar-refractivity contribution >= 4 is 57.7 Å². The van der Waals surface area contributed by atoms with E-state index in [0.29, 0.717) is 16.4 Å². The van der Waals surface area contributed by atoms with Crippen LogP contribution in [0.25, 0.3) is 17.3 Å². The number of rotatable bonds is 10. The zero-order valence-electron chi connectivity index (χ0n) is 24.1. The summed E-state index contributed by atoms with van der Waals surface area (Å²) in [6, 6.07) is 35.1. The molecule has 5 rings (SSSR count). The van der Waals surface area contributed by atoms with Crippen LogP contribution in [0.3, 0.4) is 0 Å². The Morgan fingerprint density at radius 2 is 1.41 bits per heavy atom. The molecule has 0 bridgehead atoms. The molecule has 0 aliphatic rings. The van der Waals surface area contributed by atoms with E-state index in [1.807, 2.05) is 92.7 Å². The van der Waals surface area contributed by atoms with Crippen molar-refractivity contribution < 1.29 is 14.4 Å². The summed E-state index contributed by atoms with van der Waals surface area (Å²) >= 11 is 2.85. The molecule has 0 saturated heterocycles. The maximum Gasteiger partial charge on any atom is 0.272 e. The molecule has 4 aromatic carbocycles. The van der Waals surface area contributed by atoms with Gasteiger partial charge in [0.05, 0.1) is 10.9 Å². The summed E-state index contributed by atoms with van der Waals surface area (Å²) in [5.74, 6) is -0.989. The number of hydrogen-bond acceptors (Lipinski definition) is 6. The summed E-state index contributed by atoms with van der Waals surface area (Å²) in [5, 5.41) is 8.73. The van der Waals surface area contributed by atoms with Gasteiger partial charge in [0.1, 0.15) is 5.70 Å². The Morgan fingerprint density at radius 1 is 0.795 bits per heavy atom. The fraction of sp³-hybridized carbons (Fsp3) is 0.0857. The maximum absolute atomic E-state index is 13.3. The minimum absolute atomic E-state index is 0.113. The van der Waals surface area contributed by atoms with Gasteiger partial charge in [0, 0.05) is 26.6 Å². The topological polar surface area (TPSA) is 100 Å². The molecule has 3 amide bonds. The molecule has 1 atom stereocenters. The number of thioether (sulfide) groups is 1. The minimum Gasteiger partial charge on any atom is -0.321 e. The average Bonchev–Trinajstić information content (AvgIpc) is 3.42. The van der Waals surface area contributed by atoms with Gasteiger partial charge in [-0.05, 0) is 61.9 Å². The molecular weight excluding hydrogens is 589 g/mol. The van der Waals surface area contributed by atoms with E-state index in [1.165, 1.54) is 23.1 Å². The van der Waals surface area contributed by atoms with Crippen molar-refractivity contribution in [2.75, 3.05) is 10.6 Å². The lowest BCUT2D eigenvalue weighted by Crippen LogP contribution is -2.30. The van der Waals surface area contributed by atoms with Crippen molar-refractivity contribution in [2.45, 2.75) is 24.0 Å². The van der Waals surface area contributed by atoms with Crippen molar-refractivity contribution in [3.8, 4) is 11.3 Å². The standard InChI is InChI=1S/C35H30N4O3S2/c1-23-31(26-14-8-4-9-15-26)38-35(44-23)39-32(40)24(2)43-29-20-18-28(19-21-29)36-34(42)30(22-25-12-6-3-7-13-25)37-33(41)27-16-10-5-11-17-27/h3-22,24H,1-2H3,(H,36,42)(H,37,41)(H,38,39,40)/b30-22-. The summed E-state index contributed by atoms with van der Waals surface area (Å²) in [7, 11) is 0. The third-order valence-electron chi connectivity index (χ3n) is 6.51. The van der Waals surface area contributed by atoms with Crippen molar-refractivity contribution in [1.29, 1.82) is 0 Å². The highest BCUT2D eigenvalue weighted by Crippen LogP contribution is 2.31. The van der Waals surface area contributed by atoms with E-state index in [9.17, 15) is 14.4 Å². The molecule has 0 fully saturated rings. The zero-order chi connectivity index (χ0) is 30.9. The average molecular weight is 619 g/mol. The van der Waals surface area contributed by atoms with Crippen LogP contribution < -0.4 is 16.0 Å². The number of aryl methyl sites for hydroxylation is 1. The fourth-order valence-electron chi connectivity index (χ4n) is 4.25. The van der Waals surface area contributed by atoms with Gasteiger partial charge in [-0.1, -0.05) is 78.9 Å². The normalized spacial score (nSPS) is 11.8. The van der Waals surface area contributed by atoms with Gasteiger partial charge in [0.15, 0.2) is 5.13 Å². The second-order valence-electron chi connectivity index (χ2n) is 9.81. The number of nitrogens with one attached hydrogen (secondary N) is 3. The number of carbonyl (C=O) groups is 3. The monoisotopic (exact) mass is 618 g/mol. The molecule has 9 heteroatoms. The summed E-state index contributed by atoms with van der Waals surface area (Å²) in [6.45, 7) is 3.83. The van der Waals surface area contributed by atoms with Gasteiger partial charge in [-0.2, -0.15) is 0 Å². The van der Waals surface area contributed by atoms with Crippen LogP contribution in [0.4, 0.5) is 10.8 Å². The van der Waals surface area contributed by atoms with Crippen LogP contribution in [0.2, 0.25) is 0 Å². The minimum atomic E-state index is -0.458. The molecule has 44 heavy (non-hydrogen) atoms. The number of nitrogens with zero attached hydrogens (tertiary/aromatic N) is 1. The Balaban J connectivity index is 1.21. The Labute approximate surface area is 264 Å². The van der Waals surface area contributed by atoms with Gasteiger partial charge in [0.25, 0.3) is 11.8 Å². The molecule has 0 spiro atoms. The quantitative estimate of drug-likeness (QED) is 0.110. The van der Waals surface area contributed by atoms with Crippen LogP contribution in [-0.2, 0) is 9.59 Å². The SMILES string of the molecule is Cc1sc(NC(=O)C(C)Sc2ccc(NC(=O)/C(=C/c3ccccc3)NC(=O)c3ccccc3)cc2)nc1-c1ccccc1. The van der Waals surface area contributed by atoms with E-state index >= 15 is 0 Å². The van der Waals surface area contributed by atoms with Crippen LogP contribution in [0.1, 0.15) is 27.7 Å². The molecule has 0 aliphatic carbocycles. The lowest BCUT2D eigenvalue weighted by atomic mass is 10.1. The Bertz CT molecular complexity index is 1770. The smallest absolute Gasteiger partial charge is 0.272 e. The highest BCUT2D eigenvalue weighted by Gasteiger charge is 2.19. The first-order valence-corrected chi connectivity index (χ1v) is 15.6. The largest absolute Gasteiger partial charge is 0.321 e. The lowest BCUT2D eigenvalue weighted by Gasteiger charge is -2.13. The van der Waals surface area contributed by atoms with Crippen LogP contribution in [0.15, 0.2) is 126 Å². The van der Waals surface area contributed by atoms with Gasteiger partial charge in [-0.3, -0.25) is 14.4 Å². The highest BCUT2D eigenvalue weighted by molar-refractivity contribution is 8.00. The van der Waals surface area contributed by atoms with Gasteiger partial charge in [-0.25, -0.2) is 4.98 Å². The summed E-state index contributed by atoms with van der Waals surface area (Å²) < 4.78 is 0. The summed E-state index contributed by atoms with van der Waals surface area (Å²) in [4.78, 5) is 45.6. The Morgan fingerprint density at radius 3 is 2.07 bits per heavy atom. The first-order valence-electron chi connectivity index (χ1n) is 13.9.